The number of rotatable bonds is 12. The zero-order valence-corrected chi connectivity index (χ0v) is 21.6. The van der Waals surface area contributed by atoms with E-state index in [0.29, 0.717) is 30.0 Å². The molecular formula is C25H34FN3O5S. The summed E-state index contributed by atoms with van der Waals surface area (Å²) in [4.78, 5) is 27.6. The molecule has 35 heavy (non-hydrogen) atoms. The molecule has 2 rings (SSSR count). The van der Waals surface area contributed by atoms with E-state index < -0.39 is 34.3 Å². The van der Waals surface area contributed by atoms with Gasteiger partial charge in [-0.25, -0.2) is 12.8 Å². The number of benzene rings is 2. The second-order valence-electron chi connectivity index (χ2n) is 8.34. The molecule has 192 valence electrons. The van der Waals surface area contributed by atoms with Gasteiger partial charge in [0.1, 0.15) is 24.2 Å². The van der Waals surface area contributed by atoms with Crippen LogP contribution >= 0.6 is 0 Å². The molecule has 2 aromatic rings. The molecule has 0 fully saturated rings. The lowest BCUT2D eigenvalue weighted by atomic mass is 10.1. The molecule has 0 aromatic heterocycles. The summed E-state index contributed by atoms with van der Waals surface area (Å²) in [5, 5.41) is 2.85. The summed E-state index contributed by atoms with van der Waals surface area (Å²) in [7, 11) is -3.82. The molecule has 0 aliphatic rings. The number of hydrogen-bond acceptors (Lipinski definition) is 5. The van der Waals surface area contributed by atoms with Gasteiger partial charge in [0.15, 0.2) is 0 Å². The molecule has 1 N–H and O–H groups in total. The summed E-state index contributed by atoms with van der Waals surface area (Å²) in [5.74, 6) is -0.778. The van der Waals surface area contributed by atoms with Gasteiger partial charge in [-0.1, -0.05) is 19.1 Å². The van der Waals surface area contributed by atoms with Crippen LogP contribution in [-0.4, -0.2) is 56.6 Å². The first kappa shape index (κ1) is 28.1. The van der Waals surface area contributed by atoms with Crippen LogP contribution in [-0.2, 0) is 26.2 Å². The van der Waals surface area contributed by atoms with Gasteiger partial charge in [0.05, 0.1) is 18.6 Å². The van der Waals surface area contributed by atoms with Crippen LogP contribution < -0.4 is 14.4 Å². The highest BCUT2D eigenvalue weighted by atomic mass is 32.2. The van der Waals surface area contributed by atoms with Crippen LogP contribution in [0.25, 0.3) is 0 Å². The molecule has 0 saturated carbocycles. The third-order valence-corrected chi connectivity index (χ3v) is 6.69. The summed E-state index contributed by atoms with van der Waals surface area (Å²) in [5.41, 5.74) is 0.901. The smallest absolute Gasteiger partial charge is 0.244 e. The maximum absolute atomic E-state index is 13.5. The van der Waals surface area contributed by atoms with E-state index in [1.54, 1.807) is 31.2 Å². The molecule has 0 aliphatic carbocycles. The lowest BCUT2D eigenvalue weighted by Gasteiger charge is -2.32. The Kier molecular flexibility index (Phi) is 10.1. The fourth-order valence-electron chi connectivity index (χ4n) is 3.32. The molecule has 2 aromatic carbocycles. The second-order valence-corrected chi connectivity index (χ2v) is 10.2. The quantitative estimate of drug-likeness (QED) is 0.476. The van der Waals surface area contributed by atoms with Gasteiger partial charge >= 0.3 is 0 Å². The van der Waals surface area contributed by atoms with Gasteiger partial charge in [-0.05, 0) is 69.2 Å². The van der Waals surface area contributed by atoms with Crippen molar-refractivity contribution < 1.29 is 27.1 Å². The number of carbonyl (C=O) groups is 2. The lowest BCUT2D eigenvalue weighted by Crippen LogP contribution is -2.52. The van der Waals surface area contributed by atoms with E-state index in [0.717, 1.165) is 10.6 Å². The Morgan fingerprint density at radius 3 is 2.14 bits per heavy atom. The van der Waals surface area contributed by atoms with Crippen molar-refractivity contribution in [2.75, 3.05) is 23.7 Å². The Hall–Kier alpha value is -3.14. The Labute approximate surface area is 207 Å². The summed E-state index contributed by atoms with van der Waals surface area (Å²) in [6.07, 6.45) is 1.73. The molecule has 0 aliphatic heterocycles. The van der Waals surface area contributed by atoms with Gasteiger partial charge in [0.2, 0.25) is 21.8 Å². The maximum Gasteiger partial charge on any atom is 0.244 e. The number of carbonyl (C=O) groups excluding carboxylic acids is 2. The molecule has 0 saturated heterocycles. The molecule has 2 amide bonds. The number of halogens is 1. The first-order chi connectivity index (χ1) is 16.5. The molecule has 0 radical (unpaired) electrons. The first-order valence-electron chi connectivity index (χ1n) is 11.5. The number of anilines is 1. The van der Waals surface area contributed by atoms with Crippen LogP contribution in [0.2, 0.25) is 0 Å². The largest absolute Gasteiger partial charge is 0.494 e. The van der Waals surface area contributed by atoms with Gasteiger partial charge in [-0.2, -0.15) is 0 Å². The van der Waals surface area contributed by atoms with Crippen LogP contribution in [0.4, 0.5) is 10.1 Å². The molecule has 0 heterocycles. The Balaban J connectivity index is 2.35. The zero-order valence-electron chi connectivity index (χ0n) is 20.8. The molecule has 8 nitrogen and oxygen atoms in total. The summed E-state index contributed by atoms with van der Waals surface area (Å²) in [6, 6.07) is 11.0. The van der Waals surface area contributed by atoms with Gasteiger partial charge in [-0.15, -0.1) is 0 Å². The van der Waals surface area contributed by atoms with Crippen LogP contribution in [0, 0.1) is 5.82 Å². The number of ether oxygens (including phenoxy) is 1. The normalized spacial score (nSPS) is 13.0. The fourth-order valence-corrected chi connectivity index (χ4v) is 4.17. The van der Waals surface area contributed by atoms with Crippen LogP contribution in [0.3, 0.4) is 0 Å². The van der Waals surface area contributed by atoms with Gasteiger partial charge in [0, 0.05) is 12.6 Å². The van der Waals surface area contributed by atoms with Gasteiger partial charge in [-0.3, -0.25) is 13.9 Å². The summed E-state index contributed by atoms with van der Waals surface area (Å²) >= 11 is 0. The topological polar surface area (TPSA) is 96.0 Å². The Morgan fingerprint density at radius 2 is 1.63 bits per heavy atom. The Bertz CT molecular complexity index is 1090. The minimum atomic E-state index is -3.82. The average molecular weight is 508 g/mol. The third kappa shape index (κ3) is 8.24. The van der Waals surface area contributed by atoms with Crippen LogP contribution in [0.5, 0.6) is 5.75 Å². The van der Waals surface area contributed by atoms with Crippen molar-refractivity contribution in [2.24, 2.45) is 0 Å². The molecule has 0 spiro atoms. The van der Waals surface area contributed by atoms with E-state index in [-0.39, 0.29) is 18.5 Å². The van der Waals surface area contributed by atoms with Crippen molar-refractivity contribution >= 4 is 27.5 Å². The average Bonchev–Trinajstić information content (AvgIpc) is 2.81. The monoisotopic (exact) mass is 507 g/mol. The van der Waals surface area contributed by atoms with Crippen molar-refractivity contribution in [1.29, 1.82) is 0 Å². The van der Waals surface area contributed by atoms with Gasteiger partial charge in [0.25, 0.3) is 0 Å². The van der Waals surface area contributed by atoms with Crippen molar-refractivity contribution in [1.82, 2.24) is 10.2 Å². The number of nitrogens with zero attached hydrogens (tertiary/aromatic N) is 2. The Morgan fingerprint density at radius 1 is 1.03 bits per heavy atom. The van der Waals surface area contributed by atoms with Crippen molar-refractivity contribution in [3.8, 4) is 5.75 Å². The molecule has 10 heteroatoms. The van der Waals surface area contributed by atoms with Crippen LogP contribution in [0.15, 0.2) is 48.5 Å². The lowest BCUT2D eigenvalue weighted by molar-refractivity contribution is -0.139. The molecule has 0 unspecified atom stereocenters. The van der Waals surface area contributed by atoms with E-state index in [9.17, 15) is 22.4 Å². The highest BCUT2D eigenvalue weighted by molar-refractivity contribution is 7.92. The fraction of sp³-hybridized carbons (Fsp3) is 0.440. The highest BCUT2D eigenvalue weighted by Gasteiger charge is 2.30. The highest BCUT2D eigenvalue weighted by Crippen LogP contribution is 2.22. The molecule has 0 bridgehead atoms. The number of hydrogen-bond donors (Lipinski definition) is 1. The number of amides is 2. The summed E-state index contributed by atoms with van der Waals surface area (Å²) < 4.78 is 45.0. The van der Waals surface area contributed by atoms with Crippen molar-refractivity contribution in [3.63, 3.8) is 0 Å². The predicted molar refractivity (Wildman–Crippen MR) is 134 cm³/mol. The van der Waals surface area contributed by atoms with Crippen LogP contribution in [0.1, 0.15) is 39.7 Å². The molecular weight excluding hydrogens is 473 g/mol. The van der Waals surface area contributed by atoms with Crippen molar-refractivity contribution in [2.45, 2.75) is 52.7 Å². The van der Waals surface area contributed by atoms with E-state index in [4.69, 9.17) is 4.74 Å². The third-order valence-electron chi connectivity index (χ3n) is 5.55. The predicted octanol–water partition coefficient (Wildman–Crippen LogP) is 3.32. The van der Waals surface area contributed by atoms with E-state index in [2.05, 4.69) is 5.32 Å². The second kappa shape index (κ2) is 12.5. The van der Waals surface area contributed by atoms with E-state index in [1.807, 2.05) is 20.8 Å². The minimum absolute atomic E-state index is 0.00901. The maximum atomic E-state index is 13.5. The minimum Gasteiger partial charge on any atom is -0.494 e. The van der Waals surface area contributed by atoms with Gasteiger partial charge < -0.3 is 15.0 Å². The number of sulfonamides is 1. The standard InChI is InChI=1S/C25H34FN3O5S/c1-6-18(3)27-25(31)19(4)28(16-20-8-10-21(26)11-9-20)24(30)17-29(35(5,32)33)22-12-14-23(15-13-22)34-7-2/h8-15,18-19H,6-7,16-17H2,1-5H3,(H,27,31)/t18-,19+/m1/s1. The summed E-state index contributed by atoms with van der Waals surface area (Å²) in [6.45, 7) is 7.17. The first-order valence-corrected chi connectivity index (χ1v) is 13.4. The van der Waals surface area contributed by atoms with E-state index in [1.165, 1.54) is 29.2 Å². The van der Waals surface area contributed by atoms with Crippen molar-refractivity contribution in [3.05, 3.63) is 59.9 Å². The number of nitrogens with one attached hydrogen (secondary N) is 1. The zero-order chi connectivity index (χ0) is 26.2. The SMILES string of the molecule is CCOc1ccc(N(CC(=O)N(Cc2ccc(F)cc2)[C@@H](C)C(=O)N[C@H](C)CC)S(C)(=O)=O)cc1. The molecule has 2 atom stereocenters. The van der Waals surface area contributed by atoms with E-state index >= 15 is 0 Å².